The predicted octanol–water partition coefficient (Wildman–Crippen LogP) is 2.44. The molecule has 6 nitrogen and oxygen atoms in total. The van der Waals surface area contributed by atoms with E-state index in [0.29, 0.717) is 28.7 Å². The molecule has 1 aliphatic rings. The molecule has 1 aromatic carbocycles. The lowest BCUT2D eigenvalue weighted by atomic mass is 9.85. The van der Waals surface area contributed by atoms with Gasteiger partial charge in [0.05, 0.1) is 5.52 Å². The van der Waals surface area contributed by atoms with Crippen molar-refractivity contribution in [2.45, 2.75) is 25.2 Å². The number of benzene rings is 1. The molecule has 96 valence electrons. The molecular formula is C13H11N3O3. The van der Waals surface area contributed by atoms with Crippen LogP contribution < -0.4 is 5.76 Å². The van der Waals surface area contributed by atoms with Gasteiger partial charge in [-0.3, -0.25) is 4.98 Å². The SMILES string of the molecule is O=c1[nH]c2cc(-c3noc(C4CCC4)n3)ccc2o1. The zero-order valence-electron chi connectivity index (χ0n) is 10.0. The van der Waals surface area contributed by atoms with Crippen molar-refractivity contribution in [3.63, 3.8) is 0 Å². The number of hydrogen-bond donors (Lipinski definition) is 1. The Hall–Kier alpha value is -2.37. The smallest absolute Gasteiger partial charge is 0.408 e. The van der Waals surface area contributed by atoms with E-state index < -0.39 is 5.76 Å². The van der Waals surface area contributed by atoms with Gasteiger partial charge >= 0.3 is 5.76 Å². The monoisotopic (exact) mass is 257 g/mol. The first-order valence-electron chi connectivity index (χ1n) is 6.26. The second kappa shape index (κ2) is 3.81. The van der Waals surface area contributed by atoms with E-state index in [-0.39, 0.29) is 0 Å². The van der Waals surface area contributed by atoms with Crippen LogP contribution in [-0.2, 0) is 0 Å². The second-order valence-electron chi connectivity index (χ2n) is 4.81. The summed E-state index contributed by atoms with van der Waals surface area (Å²) in [7, 11) is 0. The van der Waals surface area contributed by atoms with Gasteiger partial charge in [0.15, 0.2) is 5.58 Å². The third-order valence-corrected chi connectivity index (χ3v) is 3.57. The molecule has 3 aromatic rings. The Morgan fingerprint density at radius 2 is 2.21 bits per heavy atom. The number of nitrogens with one attached hydrogen (secondary N) is 1. The van der Waals surface area contributed by atoms with Gasteiger partial charge in [-0.25, -0.2) is 4.79 Å². The molecule has 0 radical (unpaired) electrons. The van der Waals surface area contributed by atoms with E-state index in [1.54, 1.807) is 12.1 Å². The fourth-order valence-electron chi connectivity index (χ4n) is 2.26. The van der Waals surface area contributed by atoms with E-state index in [1.165, 1.54) is 6.42 Å². The van der Waals surface area contributed by atoms with Crippen molar-refractivity contribution in [3.05, 3.63) is 34.6 Å². The van der Waals surface area contributed by atoms with Crippen LogP contribution in [0.4, 0.5) is 0 Å². The van der Waals surface area contributed by atoms with Crippen LogP contribution in [0.25, 0.3) is 22.5 Å². The topological polar surface area (TPSA) is 84.9 Å². The maximum atomic E-state index is 11.1. The van der Waals surface area contributed by atoms with Crippen LogP contribution in [-0.4, -0.2) is 15.1 Å². The molecule has 2 aromatic heterocycles. The third-order valence-electron chi connectivity index (χ3n) is 3.57. The fourth-order valence-corrected chi connectivity index (χ4v) is 2.26. The second-order valence-corrected chi connectivity index (χ2v) is 4.81. The van der Waals surface area contributed by atoms with E-state index in [2.05, 4.69) is 15.1 Å². The van der Waals surface area contributed by atoms with Crippen LogP contribution in [0.5, 0.6) is 0 Å². The van der Waals surface area contributed by atoms with Gasteiger partial charge in [-0.1, -0.05) is 11.6 Å². The predicted molar refractivity (Wildman–Crippen MR) is 66.7 cm³/mol. The summed E-state index contributed by atoms with van der Waals surface area (Å²) in [4.78, 5) is 18.1. The lowest BCUT2D eigenvalue weighted by Crippen LogP contribution is -2.08. The molecular weight excluding hydrogens is 246 g/mol. The maximum Gasteiger partial charge on any atom is 0.417 e. The van der Waals surface area contributed by atoms with Gasteiger partial charge in [0, 0.05) is 11.5 Å². The highest BCUT2D eigenvalue weighted by molar-refractivity contribution is 5.78. The van der Waals surface area contributed by atoms with Crippen molar-refractivity contribution < 1.29 is 8.94 Å². The standard InChI is InChI=1S/C13H11N3O3/c17-13-14-9-6-8(4-5-10(9)18-13)11-15-12(19-16-11)7-2-1-3-7/h4-7H,1-3H2,(H,14,17). The Labute approximate surface area is 107 Å². The highest BCUT2D eigenvalue weighted by atomic mass is 16.5. The quantitative estimate of drug-likeness (QED) is 0.762. The van der Waals surface area contributed by atoms with Gasteiger partial charge in [0.25, 0.3) is 0 Å². The van der Waals surface area contributed by atoms with Gasteiger partial charge in [-0.2, -0.15) is 4.98 Å². The van der Waals surface area contributed by atoms with E-state index in [4.69, 9.17) is 8.94 Å². The Kier molecular flexibility index (Phi) is 2.11. The molecule has 0 aliphatic heterocycles. The van der Waals surface area contributed by atoms with Gasteiger partial charge in [-0.05, 0) is 31.0 Å². The van der Waals surface area contributed by atoms with Crippen LogP contribution in [0.3, 0.4) is 0 Å². The Bertz CT molecular complexity index is 795. The molecule has 1 saturated carbocycles. The molecule has 0 amide bonds. The van der Waals surface area contributed by atoms with Crippen molar-refractivity contribution in [3.8, 4) is 11.4 Å². The molecule has 19 heavy (non-hydrogen) atoms. The zero-order valence-corrected chi connectivity index (χ0v) is 10.0. The number of hydrogen-bond acceptors (Lipinski definition) is 5. The van der Waals surface area contributed by atoms with E-state index in [1.807, 2.05) is 6.07 Å². The third kappa shape index (κ3) is 1.68. The van der Waals surface area contributed by atoms with Crippen molar-refractivity contribution in [1.29, 1.82) is 0 Å². The minimum atomic E-state index is -0.463. The molecule has 0 unspecified atom stereocenters. The summed E-state index contributed by atoms with van der Waals surface area (Å²) >= 11 is 0. The van der Waals surface area contributed by atoms with Gasteiger partial charge < -0.3 is 8.94 Å². The van der Waals surface area contributed by atoms with Crippen molar-refractivity contribution in [2.24, 2.45) is 0 Å². The van der Waals surface area contributed by atoms with Gasteiger partial charge in [0.2, 0.25) is 11.7 Å². The highest BCUT2D eigenvalue weighted by Gasteiger charge is 2.25. The highest BCUT2D eigenvalue weighted by Crippen LogP contribution is 2.36. The first-order valence-corrected chi connectivity index (χ1v) is 6.26. The first-order chi connectivity index (χ1) is 9.29. The number of aromatic nitrogens is 3. The average molecular weight is 257 g/mol. The Morgan fingerprint density at radius 3 is 3.00 bits per heavy atom. The van der Waals surface area contributed by atoms with Crippen LogP contribution in [0.1, 0.15) is 31.1 Å². The Balaban J connectivity index is 1.76. The van der Waals surface area contributed by atoms with E-state index in [0.717, 1.165) is 18.4 Å². The molecule has 1 aliphatic carbocycles. The fraction of sp³-hybridized carbons (Fsp3) is 0.308. The van der Waals surface area contributed by atoms with Gasteiger partial charge in [-0.15, -0.1) is 0 Å². The Morgan fingerprint density at radius 1 is 1.32 bits per heavy atom. The zero-order chi connectivity index (χ0) is 12.8. The van der Waals surface area contributed by atoms with Crippen LogP contribution >= 0.6 is 0 Å². The minimum Gasteiger partial charge on any atom is -0.408 e. The number of nitrogens with zero attached hydrogens (tertiary/aromatic N) is 2. The number of rotatable bonds is 2. The molecule has 1 N–H and O–H groups in total. The van der Waals surface area contributed by atoms with Crippen LogP contribution in [0, 0.1) is 0 Å². The summed E-state index contributed by atoms with van der Waals surface area (Å²) in [5.74, 6) is 1.21. The summed E-state index contributed by atoms with van der Waals surface area (Å²) in [6.45, 7) is 0. The van der Waals surface area contributed by atoms with E-state index >= 15 is 0 Å². The molecule has 0 spiro atoms. The molecule has 0 atom stereocenters. The first kappa shape index (κ1) is 10.5. The van der Waals surface area contributed by atoms with Gasteiger partial charge in [0.1, 0.15) is 0 Å². The molecule has 1 fully saturated rings. The summed E-state index contributed by atoms with van der Waals surface area (Å²) in [5.41, 5.74) is 1.97. The summed E-state index contributed by atoms with van der Waals surface area (Å²) in [6.07, 6.45) is 3.47. The molecule has 4 rings (SSSR count). The normalized spacial score (nSPS) is 15.8. The van der Waals surface area contributed by atoms with Crippen molar-refractivity contribution in [2.75, 3.05) is 0 Å². The minimum absolute atomic E-state index is 0.415. The summed E-state index contributed by atoms with van der Waals surface area (Å²) in [6, 6.07) is 5.33. The number of oxazole rings is 1. The van der Waals surface area contributed by atoms with Crippen molar-refractivity contribution >= 4 is 11.1 Å². The molecule has 0 bridgehead atoms. The van der Waals surface area contributed by atoms with E-state index in [9.17, 15) is 4.79 Å². The van der Waals surface area contributed by atoms with Crippen LogP contribution in [0.2, 0.25) is 0 Å². The number of H-pyrrole nitrogens is 1. The molecule has 6 heteroatoms. The maximum absolute atomic E-state index is 11.1. The van der Waals surface area contributed by atoms with Crippen molar-refractivity contribution in [1.82, 2.24) is 15.1 Å². The molecule has 0 saturated heterocycles. The lowest BCUT2D eigenvalue weighted by Gasteiger charge is -2.20. The average Bonchev–Trinajstić information content (AvgIpc) is 2.91. The molecule has 2 heterocycles. The summed E-state index contributed by atoms with van der Waals surface area (Å²) in [5, 5.41) is 3.99. The summed E-state index contributed by atoms with van der Waals surface area (Å²) < 4.78 is 10.2. The number of fused-ring (bicyclic) bond motifs is 1. The lowest BCUT2D eigenvalue weighted by molar-refractivity contribution is 0.292. The largest absolute Gasteiger partial charge is 0.417 e. The van der Waals surface area contributed by atoms with Crippen LogP contribution in [0.15, 0.2) is 31.9 Å². The number of aromatic amines is 1.